The van der Waals surface area contributed by atoms with E-state index in [4.69, 9.17) is 14.2 Å². The standard InChI is InChI=1S/C28H37N3O5/c1-5-8-27(32)31(15-16-34-2)20-28(33)30(19-21-11-12-25(35-3)26(17-21)36-4)14-13-22-18-29-24-10-7-6-9-23(22)24/h6-7,9-12,17-18,29H,5,8,13-16,19-20H2,1-4H3. The summed E-state index contributed by atoms with van der Waals surface area (Å²) in [4.78, 5) is 32.9. The SMILES string of the molecule is CCCC(=O)N(CCOC)CC(=O)N(CCc1c[nH]c2ccccc12)Cc1ccc(OC)c(OC)c1. The van der Waals surface area contributed by atoms with Crippen molar-refractivity contribution >= 4 is 22.7 Å². The number of carbonyl (C=O) groups excluding carboxylic acids is 2. The first-order chi connectivity index (χ1) is 17.5. The van der Waals surface area contributed by atoms with Crippen molar-refractivity contribution in [1.82, 2.24) is 14.8 Å². The highest BCUT2D eigenvalue weighted by molar-refractivity contribution is 5.85. The third-order valence-electron chi connectivity index (χ3n) is 6.21. The second kappa shape index (κ2) is 13.5. The van der Waals surface area contributed by atoms with E-state index in [0.29, 0.717) is 50.6 Å². The van der Waals surface area contributed by atoms with Crippen LogP contribution >= 0.6 is 0 Å². The monoisotopic (exact) mass is 495 g/mol. The first-order valence-corrected chi connectivity index (χ1v) is 12.3. The van der Waals surface area contributed by atoms with Gasteiger partial charge in [0.25, 0.3) is 0 Å². The summed E-state index contributed by atoms with van der Waals surface area (Å²) < 4.78 is 16.0. The van der Waals surface area contributed by atoms with Crippen LogP contribution < -0.4 is 9.47 Å². The molecular formula is C28H37N3O5. The maximum absolute atomic E-state index is 13.6. The van der Waals surface area contributed by atoms with Crippen molar-refractivity contribution in [2.45, 2.75) is 32.7 Å². The van der Waals surface area contributed by atoms with E-state index in [-0.39, 0.29) is 18.4 Å². The summed E-state index contributed by atoms with van der Waals surface area (Å²) in [6.45, 7) is 3.64. The third-order valence-corrected chi connectivity index (χ3v) is 6.21. The molecule has 0 saturated carbocycles. The number of nitrogens with zero attached hydrogens (tertiary/aromatic N) is 2. The van der Waals surface area contributed by atoms with Gasteiger partial charge in [0.1, 0.15) is 0 Å². The van der Waals surface area contributed by atoms with Gasteiger partial charge in [-0.15, -0.1) is 0 Å². The molecule has 0 unspecified atom stereocenters. The second-order valence-electron chi connectivity index (χ2n) is 8.67. The summed E-state index contributed by atoms with van der Waals surface area (Å²) in [6.07, 6.45) is 3.82. The van der Waals surface area contributed by atoms with Crippen molar-refractivity contribution in [2.75, 3.05) is 47.6 Å². The van der Waals surface area contributed by atoms with Crippen molar-refractivity contribution in [1.29, 1.82) is 0 Å². The lowest BCUT2D eigenvalue weighted by Gasteiger charge is -2.28. The molecule has 0 aliphatic rings. The molecule has 0 bridgehead atoms. The Morgan fingerprint density at radius 3 is 2.42 bits per heavy atom. The van der Waals surface area contributed by atoms with Gasteiger partial charge in [0, 0.05) is 50.3 Å². The zero-order valence-corrected chi connectivity index (χ0v) is 21.7. The van der Waals surface area contributed by atoms with Crippen molar-refractivity contribution < 1.29 is 23.8 Å². The highest BCUT2D eigenvalue weighted by Gasteiger charge is 2.22. The maximum atomic E-state index is 13.6. The fraction of sp³-hybridized carbons (Fsp3) is 0.429. The van der Waals surface area contributed by atoms with Gasteiger partial charge in [-0.1, -0.05) is 31.2 Å². The molecule has 1 aromatic heterocycles. The van der Waals surface area contributed by atoms with Crippen LogP contribution in [0.5, 0.6) is 11.5 Å². The zero-order chi connectivity index (χ0) is 25.9. The topological polar surface area (TPSA) is 84.1 Å². The van der Waals surface area contributed by atoms with Crippen LogP contribution in [-0.2, 0) is 27.3 Å². The number of fused-ring (bicyclic) bond motifs is 1. The minimum absolute atomic E-state index is 0.0172. The quantitative estimate of drug-likeness (QED) is 0.365. The lowest BCUT2D eigenvalue weighted by molar-refractivity contribution is -0.141. The summed E-state index contributed by atoms with van der Waals surface area (Å²) in [5.41, 5.74) is 3.14. The normalized spacial score (nSPS) is 10.9. The molecule has 0 aliphatic carbocycles. The molecule has 8 nitrogen and oxygen atoms in total. The number of amides is 2. The van der Waals surface area contributed by atoms with Crippen molar-refractivity contribution in [3.8, 4) is 11.5 Å². The average molecular weight is 496 g/mol. The van der Waals surface area contributed by atoms with E-state index in [1.807, 2.05) is 54.4 Å². The first-order valence-electron chi connectivity index (χ1n) is 12.3. The van der Waals surface area contributed by atoms with Crippen molar-refractivity contribution in [3.05, 3.63) is 59.8 Å². The zero-order valence-electron chi connectivity index (χ0n) is 21.7. The van der Waals surface area contributed by atoms with Crippen LogP contribution in [0.2, 0.25) is 0 Å². The summed E-state index contributed by atoms with van der Waals surface area (Å²) >= 11 is 0. The Bertz CT molecular complexity index is 1140. The number of hydrogen-bond donors (Lipinski definition) is 1. The molecule has 3 aromatic rings. The number of ether oxygens (including phenoxy) is 3. The number of H-pyrrole nitrogens is 1. The molecular weight excluding hydrogens is 458 g/mol. The van der Waals surface area contributed by atoms with Gasteiger partial charge >= 0.3 is 0 Å². The Morgan fingerprint density at radius 2 is 1.69 bits per heavy atom. The van der Waals surface area contributed by atoms with Crippen LogP contribution in [0.4, 0.5) is 0 Å². The lowest BCUT2D eigenvalue weighted by Crippen LogP contribution is -2.44. The van der Waals surface area contributed by atoms with Gasteiger partial charge in [0.15, 0.2) is 11.5 Å². The summed E-state index contributed by atoms with van der Waals surface area (Å²) in [5.74, 6) is 1.10. The minimum Gasteiger partial charge on any atom is -0.493 e. The molecule has 194 valence electrons. The van der Waals surface area contributed by atoms with Gasteiger partial charge in [-0.25, -0.2) is 0 Å². The summed E-state index contributed by atoms with van der Waals surface area (Å²) in [6, 6.07) is 13.8. The first kappa shape index (κ1) is 27.1. The van der Waals surface area contributed by atoms with Gasteiger partial charge in [-0.3, -0.25) is 9.59 Å². The molecule has 2 amide bonds. The van der Waals surface area contributed by atoms with Gasteiger partial charge < -0.3 is 29.0 Å². The van der Waals surface area contributed by atoms with Crippen LogP contribution in [0.1, 0.15) is 30.9 Å². The Morgan fingerprint density at radius 1 is 0.917 bits per heavy atom. The van der Waals surface area contributed by atoms with Crippen molar-refractivity contribution in [2.24, 2.45) is 0 Å². The number of nitrogens with one attached hydrogen (secondary N) is 1. The van der Waals surface area contributed by atoms with E-state index in [9.17, 15) is 9.59 Å². The van der Waals surface area contributed by atoms with Gasteiger partial charge in [0.05, 0.1) is 27.4 Å². The molecule has 3 rings (SSSR count). The second-order valence-corrected chi connectivity index (χ2v) is 8.67. The van der Waals surface area contributed by atoms with Crippen LogP contribution in [0.3, 0.4) is 0 Å². The Labute approximate surface area is 213 Å². The third kappa shape index (κ3) is 7.01. The van der Waals surface area contributed by atoms with Gasteiger partial charge in [-0.05, 0) is 42.2 Å². The van der Waals surface area contributed by atoms with E-state index in [1.165, 1.54) is 0 Å². The van der Waals surface area contributed by atoms with Gasteiger partial charge in [0.2, 0.25) is 11.8 Å². The number of methoxy groups -OCH3 is 3. The fourth-order valence-electron chi connectivity index (χ4n) is 4.21. The predicted molar refractivity (Wildman–Crippen MR) is 140 cm³/mol. The highest BCUT2D eigenvalue weighted by atomic mass is 16.5. The predicted octanol–water partition coefficient (Wildman–Crippen LogP) is 4.03. The highest BCUT2D eigenvalue weighted by Crippen LogP contribution is 2.28. The Kier molecular flexibility index (Phi) is 10.2. The van der Waals surface area contributed by atoms with Gasteiger partial charge in [-0.2, -0.15) is 0 Å². The number of para-hydroxylation sites is 1. The van der Waals surface area contributed by atoms with E-state index in [0.717, 1.165) is 28.5 Å². The summed E-state index contributed by atoms with van der Waals surface area (Å²) in [5, 5.41) is 1.15. The molecule has 0 spiro atoms. The molecule has 2 aromatic carbocycles. The molecule has 0 aliphatic heterocycles. The number of rotatable bonds is 14. The molecule has 1 heterocycles. The number of carbonyl (C=O) groups is 2. The Hall–Kier alpha value is -3.52. The number of hydrogen-bond acceptors (Lipinski definition) is 5. The molecule has 36 heavy (non-hydrogen) atoms. The molecule has 0 saturated heterocycles. The molecule has 0 fully saturated rings. The van der Waals surface area contributed by atoms with Crippen LogP contribution in [-0.4, -0.2) is 74.2 Å². The Balaban J connectivity index is 1.82. The molecule has 1 N–H and O–H groups in total. The van der Waals surface area contributed by atoms with Crippen LogP contribution in [0.25, 0.3) is 10.9 Å². The maximum Gasteiger partial charge on any atom is 0.242 e. The van der Waals surface area contributed by atoms with Crippen molar-refractivity contribution in [3.63, 3.8) is 0 Å². The molecule has 0 radical (unpaired) electrons. The van der Waals surface area contributed by atoms with Crippen LogP contribution in [0, 0.1) is 0 Å². The number of benzene rings is 2. The number of aromatic nitrogens is 1. The van der Waals surface area contributed by atoms with E-state index in [2.05, 4.69) is 11.1 Å². The number of aromatic amines is 1. The van der Waals surface area contributed by atoms with E-state index in [1.54, 1.807) is 26.2 Å². The smallest absolute Gasteiger partial charge is 0.242 e. The largest absolute Gasteiger partial charge is 0.493 e. The minimum atomic E-state index is -0.106. The van der Waals surface area contributed by atoms with E-state index < -0.39 is 0 Å². The fourth-order valence-corrected chi connectivity index (χ4v) is 4.21. The molecule has 8 heteroatoms. The van der Waals surface area contributed by atoms with Crippen LogP contribution in [0.15, 0.2) is 48.7 Å². The average Bonchev–Trinajstić information content (AvgIpc) is 3.31. The molecule has 0 atom stereocenters. The lowest BCUT2D eigenvalue weighted by atomic mass is 10.1. The summed E-state index contributed by atoms with van der Waals surface area (Å²) in [7, 11) is 4.78. The van der Waals surface area contributed by atoms with E-state index >= 15 is 0 Å².